The molecule has 4 aliphatic heterocycles. The zero-order chi connectivity index (χ0) is 22.3. The van der Waals surface area contributed by atoms with Gasteiger partial charge in [-0.2, -0.15) is 0 Å². The van der Waals surface area contributed by atoms with Crippen molar-refractivity contribution in [1.29, 1.82) is 0 Å². The number of aryl methyl sites for hydroxylation is 1. The maximum Gasteiger partial charge on any atom is 0.253 e. The summed E-state index contributed by atoms with van der Waals surface area (Å²) in [5.74, 6) is 0. The van der Waals surface area contributed by atoms with Crippen molar-refractivity contribution < 1.29 is 0 Å². The van der Waals surface area contributed by atoms with Crippen LogP contribution in [-0.4, -0.2) is 58.8 Å². The molecule has 1 N–H and O–H groups in total. The predicted molar refractivity (Wildman–Crippen MR) is 131 cm³/mol. The largest absolute Gasteiger partial charge is 0.367 e. The minimum atomic E-state index is -0.00264. The Hall–Kier alpha value is -2.90. The highest BCUT2D eigenvalue weighted by Gasteiger charge is 2.41. The first kappa shape index (κ1) is 19.6. The third-order valence-electron chi connectivity index (χ3n) is 8.38. The fourth-order valence-electron chi connectivity index (χ4n) is 6.69. The molecule has 2 aromatic heterocycles. The van der Waals surface area contributed by atoms with Gasteiger partial charge in [0.05, 0.1) is 11.7 Å². The summed E-state index contributed by atoms with van der Waals surface area (Å²) in [5, 5.41) is 4.66. The lowest BCUT2D eigenvalue weighted by molar-refractivity contribution is 0.134. The van der Waals surface area contributed by atoms with E-state index >= 15 is 0 Å². The Balaban J connectivity index is 1.23. The van der Waals surface area contributed by atoms with Gasteiger partial charge in [0, 0.05) is 81.2 Å². The van der Waals surface area contributed by atoms with E-state index in [4.69, 9.17) is 0 Å². The molecule has 0 saturated carbocycles. The van der Waals surface area contributed by atoms with E-state index in [-0.39, 0.29) is 5.56 Å². The highest BCUT2D eigenvalue weighted by Crippen LogP contribution is 2.42. The van der Waals surface area contributed by atoms with E-state index in [0.717, 1.165) is 49.4 Å². The Morgan fingerprint density at radius 3 is 2.85 bits per heavy atom. The number of aromatic nitrogens is 2. The van der Waals surface area contributed by atoms with Crippen LogP contribution in [0, 0.1) is 0 Å². The fraction of sp³-hybridized carbons (Fsp3) is 0.462. The SMILES string of the molecule is C[C@@H]1CN(c2cc(=O)n(C)c3ncccc23)C[C@@H]2c3ccc(N4C[C@@H]5C[C@H]4CN5)cc3CN12. The summed E-state index contributed by atoms with van der Waals surface area (Å²) in [6, 6.07) is 15.1. The van der Waals surface area contributed by atoms with E-state index in [2.05, 4.69) is 56.2 Å². The Bertz CT molecular complexity index is 1320. The molecule has 7 nitrogen and oxygen atoms in total. The summed E-state index contributed by atoms with van der Waals surface area (Å²) in [6.45, 7) is 7.38. The molecular formula is C26H30N6O. The zero-order valence-corrected chi connectivity index (χ0v) is 19.2. The molecule has 0 aliphatic carbocycles. The van der Waals surface area contributed by atoms with Crippen molar-refractivity contribution >= 4 is 22.4 Å². The number of piperazine rings is 2. The molecule has 4 atom stereocenters. The molecule has 0 spiro atoms. The first-order chi connectivity index (χ1) is 16.1. The van der Waals surface area contributed by atoms with E-state index < -0.39 is 0 Å². The van der Waals surface area contributed by atoms with Gasteiger partial charge in [-0.1, -0.05) is 6.07 Å². The molecule has 3 aromatic rings. The summed E-state index contributed by atoms with van der Waals surface area (Å²) in [6.07, 6.45) is 3.04. The minimum absolute atomic E-state index is 0.00264. The topological polar surface area (TPSA) is 56.6 Å². The lowest BCUT2D eigenvalue weighted by Gasteiger charge is -2.43. The third-order valence-corrected chi connectivity index (χ3v) is 8.38. The molecule has 0 amide bonds. The maximum atomic E-state index is 12.7. The van der Waals surface area contributed by atoms with Crippen LogP contribution in [0.2, 0.25) is 0 Å². The van der Waals surface area contributed by atoms with Crippen molar-refractivity contribution in [3.63, 3.8) is 0 Å². The molecule has 0 unspecified atom stereocenters. The Morgan fingerprint density at radius 2 is 2.03 bits per heavy atom. The van der Waals surface area contributed by atoms with Crippen molar-refractivity contribution in [2.75, 3.05) is 36.0 Å². The smallest absolute Gasteiger partial charge is 0.253 e. The number of hydrogen-bond donors (Lipinski definition) is 1. The van der Waals surface area contributed by atoms with Crippen LogP contribution in [0.1, 0.15) is 30.5 Å². The number of benzene rings is 1. The van der Waals surface area contributed by atoms with Crippen LogP contribution >= 0.6 is 0 Å². The van der Waals surface area contributed by atoms with Crippen LogP contribution in [0.3, 0.4) is 0 Å². The van der Waals surface area contributed by atoms with Crippen molar-refractivity contribution in [1.82, 2.24) is 19.8 Å². The minimum Gasteiger partial charge on any atom is -0.367 e. The number of anilines is 2. The molecule has 7 heteroatoms. The normalized spacial score (nSPS) is 28.5. The number of fused-ring (bicyclic) bond motifs is 6. The van der Waals surface area contributed by atoms with Crippen LogP contribution in [0.25, 0.3) is 11.0 Å². The molecule has 1 aromatic carbocycles. The number of nitrogens with one attached hydrogen (secondary N) is 1. The lowest BCUT2D eigenvalue weighted by atomic mass is 10.00. The molecule has 3 saturated heterocycles. The number of nitrogens with zero attached hydrogens (tertiary/aromatic N) is 5. The standard InChI is InChI=1S/C26H30N6O/c1-16-12-30(23-10-25(33)29(2)26-22(23)4-3-7-27-26)15-24-21-6-5-19(8-17(21)13-31(16)24)32-14-18-9-20(32)11-28-18/h3-8,10,16,18,20,24,28H,9,11-15H2,1-2H3/t16-,18+,20+,24-/m1/s1. The first-order valence-corrected chi connectivity index (χ1v) is 12.1. The predicted octanol–water partition coefficient (Wildman–Crippen LogP) is 2.25. The Kier molecular flexibility index (Phi) is 4.18. The van der Waals surface area contributed by atoms with Gasteiger partial charge in [0.15, 0.2) is 0 Å². The van der Waals surface area contributed by atoms with Gasteiger partial charge in [0.2, 0.25) is 0 Å². The number of pyridine rings is 2. The van der Waals surface area contributed by atoms with Crippen molar-refractivity contribution in [2.24, 2.45) is 7.05 Å². The van der Waals surface area contributed by atoms with E-state index in [1.807, 2.05) is 6.07 Å². The molecule has 6 heterocycles. The summed E-state index contributed by atoms with van der Waals surface area (Å²) < 4.78 is 1.64. The number of rotatable bonds is 2. The van der Waals surface area contributed by atoms with Crippen molar-refractivity contribution in [3.05, 3.63) is 64.1 Å². The van der Waals surface area contributed by atoms with Gasteiger partial charge < -0.3 is 15.1 Å². The van der Waals surface area contributed by atoms with Gasteiger partial charge in [-0.25, -0.2) is 4.98 Å². The molecule has 0 radical (unpaired) electrons. The second-order valence-electron chi connectivity index (χ2n) is 10.3. The van der Waals surface area contributed by atoms with Gasteiger partial charge in [-0.3, -0.25) is 14.3 Å². The maximum absolute atomic E-state index is 12.7. The van der Waals surface area contributed by atoms with Gasteiger partial charge in [-0.15, -0.1) is 0 Å². The Labute approximate surface area is 193 Å². The highest BCUT2D eigenvalue weighted by molar-refractivity contribution is 5.89. The summed E-state index contributed by atoms with van der Waals surface area (Å²) in [4.78, 5) is 24.9. The van der Waals surface area contributed by atoms with Crippen LogP contribution < -0.4 is 20.7 Å². The summed E-state index contributed by atoms with van der Waals surface area (Å²) in [5.41, 5.74) is 6.06. The molecule has 170 valence electrons. The van der Waals surface area contributed by atoms with Gasteiger partial charge in [0.1, 0.15) is 5.65 Å². The van der Waals surface area contributed by atoms with Crippen molar-refractivity contribution in [3.8, 4) is 0 Å². The van der Waals surface area contributed by atoms with E-state index in [1.165, 1.54) is 23.2 Å². The average Bonchev–Trinajstić information content (AvgIpc) is 3.55. The zero-order valence-electron chi connectivity index (χ0n) is 19.2. The molecule has 3 fully saturated rings. The molecule has 7 rings (SSSR count). The Morgan fingerprint density at radius 1 is 1.12 bits per heavy atom. The second-order valence-corrected chi connectivity index (χ2v) is 10.3. The third kappa shape index (κ3) is 2.88. The van der Waals surface area contributed by atoms with E-state index in [0.29, 0.717) is 24.2 Å². The van der Waals surface area contributed by atoms with E-state index in [1.54, 1.807) is 23.9 Å². The van der Waals surface area contributed by atoms with Gasteiger partial charge in [0.25, 0.3) is 5.56 Å². The highest BCUT2D eigenvalue weighted by atomic mass is 16.1. The molecular weight excluding hydrogens is 412 g/mol. The van der Waals surface area contributed by atoms with Crippen molar-refractivity contribution in [2.45, 2.75) is 44.1 Å². The van der Waals surface area contributed by atoms with Crippen LogP contribution in [0.5, 0.6) is 0 Å². The monoisotopic (exact) mass is 442 g/mol. The molecule has 4 aliphatic rings. The molecule has 2 bridgehead atoms. The second kappa shape index (κ2) is 7.05. The quantitative estimate of drug-likeness (QED) is 0.657. The lowest BCUT2D eigenvalue weighted by Crippen LogP contribution is -2.51. The first-order valence-electron chi connectivity index (χ1n) is 12.1. The van der Waals surface area contributed by atoms with Gasteiger partial charge in [-0.05, 0) is 48.7 Å². The average molecular weight is 443 g/mol. The van der Waals surface area contributed by atoms with Crippen LogP contribution in [0.4, 0.5) is 11.4 Å². The van der Waals surface area contributed by atoms with Crippen LogP contribution in [-0.2, 0) is 13.6 Å². The van der Waals surface area contributed by atoms with Gasteiger partial charge >= 0.3 is 0 Å². The summed E-state index contributed by atoms with van der Waals surface area (Å²) in [7, 11) is 1.80. The summed E-state index contributed by atoms with van der Waals surface area (Å²) >= 11 is 0. The number of hydrogen-bond acceptors (Lipinski definition) is 6. The van der Waals surface area contributed by atoms with E-state index in [9.17, 15) is 4.79 Å². The van der Waals surface area contributed by atoms with Crippen LogP contribution in [0.15, 0.2) is 47.4 Å². The fourth-order valence-corrected chi connectivity index (χ4v) is 6.69. The molecule has 33 heavy (non-hydrogen) atoms.